The number of aromatic amines is 1. The van der Waals surface area contributed by atoms with Gasteiger partial charge in [-0.1, -0.05) is 33.5 Å². The van der Waals surface area contributed by atoms with Gasteiger partial charge in [0.1, 0.15) is 36.3 Å². The first kappa shape index (κ1) is 37.7. The van der Waals surface area contributed by atoms with Gasteiger partial charge in [-0.3, -0.25) is 42.6 Å². The van der Waals surface area contributed by atoms with E-state index in [0.717, 1.165) is 17.2 Å². The highest BCUT2D eigenvalue weighted by Crippen LogP contribution is 2.58. The van der Waals surface area contributed by atoms with Crippen molar-refractivity contribution in [1.29, 1.82) is 0 Å². The van der Waals surface area contributed by atoms with Gasteiger partial charge in [-0.15, -0.1) is 0 Å². The third-order valence-electron chi connectivity index (χ3n) is 7.98. The molecule has 7 rings (SSSR count). The molecule has 26 heteroatoms. The molecule has 3 aliphatic rings. The number of carbonyl (C=O) groups is 1. The number of ether oxygens (including phenoxy) is 2. The van der Waals surface area contributed by atoms with E-state index in [4.69, 9.17) is 45.1 Å². The van der Waals surface area contributed by atoms with E-state index in [-0.39, 0.29) is 41.5 Å². The zero-order valence-corrected chi connectivity index (χ0v) is 29.2. The SMILES string of the molecule is C.CC(C)C(=O)Nc1nc2c(ncn2[C@@H]2O[C@@H]3COP(O)(=S)O[C@H]4[C@@H](F)[C@H](n5cnc6c(N)ncnc65)O[C@@H]4COP(=O)(S)O[C@H]3[C@H]2F)c(=O)[nH]1. The Balaban J connectivity index is 0.00000448. The Labute approximate surface area is 296 Å². The van der Waals surface area contributed by atoms with Crippen molar-refractivity contribution in [3.05, 3.63) is 29.3 Å². The number of fused-ring (bicyclic) bond motifs is 4. The quantitative estimate of drug-likeness (QED) is 0.147. The van der Waals surface area contributed by atoms with Crippen LogP contribution in [0, 0.1) is 5.92 Å². The molecule has 20 nitrogen and oxygen atoms in total. The minimum absolute atomic E-state index is 0. The molecule has 2 unspecified atom stereocenters. The van der Waals surface area contributed by atoms with Crippen molar-refractivity contribution in [3.8, 4) is 0 Å². The van der Waals surface area contributed by atoms with Crippen molar-refractivity contribution < 1.29 is 50.6 Å². The van der Waals surface area contributed by atoms with E-state index < -0.39 is 93.3 Å². The van der Waals surface area contributed by atoms with Gasteiger partial charge < -0.3 is 24.6 Å². The van der Waals surface area contributed by atoms with E-state index >= 15 is 8.78 Å². The zero-order chi connectivity index (χ0) is 35.7. The highest BCUT2D eigenvalue weighted by Gasteiger charge is 2.54. The van der Waals surface area contributed by atoms with Crippen molar-refractivity contribution in [2.75, 3.05) is 24.3 Å². The number of carbonyl (C=O) groups excluding carboxylic acids is 1. The number of H-pyrrole nitrogens is 1. The average Bonchev–Trinajstić information content (AvgIpc) is 3.80. The van der Waals surface area contributed by atoms with Crippen LogP contribution in [-0.4, -0.2) is 99.8 Å². The van der Waals surface area contributed by atoms with Crippen LogP contribution in [0.25, 0.3) is 22.3 Å². The van der Waals surface area contributed by atoms with Crippen molar-refractivity contribution in [3.63, 3.8) is 0 Å². The molecule has 4 aromatic heterocycles. The standard InChI is InChI=1S/C24H28F2N10O10P2S2.CH4/c1-8(2)20(37)33-24-32-19-14(21(38)34-24)31-7-36(19)23-12(26)16-10(44-23)4-42-47(39,49)45-15-9(3-41-48(40,50)46-16)43-22(11(15)25)35-6-30-13-17(27)28-5-29-18(13)35;/h5-12,15-16,22-23H,3-4H2,1-2H3,(H,39,49)(H,40,50)(H2,27,28,29)(H2,32,33,34,37,38);1H4/t9-,10-,11-,12-,15-,16-,22-,23-,47?,48?;/m1./s1. The number of nitrogens with one attached hydrogen (secondary N) is 2. The molecule has 10 atom stereocenters. The topological polar surface area (TPSA) is 255 Å². The van der Waals surface area contributed by atoms with E-state index in [1.807, 2.05) is 0 Å². The summed E-state index contributed by atoms with van der Waals surface area (Å²) in [6.45, 7) is -6.96. The normalized spacial score (nSPS) is 34.4. The van der Waals surface area contributed by atoms with Gasteiger partial charge in [0.25, 0.3) is 5.56 Å². The predicted molar refractivity (Wildman–Crippen MR) is 180 cm³/mol. The molecule has 1 amide bonds. The number of alkyl halides is 2. The summed E-state index contributed by atoms with van der Waals surface area (Å²) in [5.74, 6) is -1.09. The maximum atomic E-state index is 16.3. The summed E-state index contributed by atoms with van der Waals surface area (Å²) in [7, 11) is 0. The summed E-state index contributed by atoms with van der Waals surface area (Å²) in [4.78, 5) is 58.5. The van der Waals surface area contributed by atoms with Gasteiger partial charge in [-0.25, -0.2) is 33.3 Å². The van der Waals surface area contributed by atoms with Crippen LogP contribution in [0.2, 0.25) is 0 Å². The molecule has 0 aliphatic carbocycles. The lowest BCUT2D eigenvalue weighted by Crippen LogP contribution is -2.37. The highest BCUT2D eigenvalue weighted by atomic mass is 32.7. The number of hydrogen-bond donors (Lipinski definition) is 5. The van der Waals surface area contributed by atoms with Crippen molar-refractivity contribution >= 4 is 77.6 Å². The minimum Gasteiger partial charge on any atom is -0.382 e. The Morgan fingerprint density at radius 1 is 1.04 bits per heavy atom. The molecule has 0 aromatic carbocycles. The maximum Gasteiger partial charge on any atom is 0.386 e. The molecule has 3 saturated heterocycles. The van der Waals surface area contributed by atoms with Crippen molar-refractivity contribution in [1.82, 2.24) is 39.0 Å². The molecule has 4 aromatic rings. The number of thiol groups is 1. The Morgan fingerprint density at radius 3 is 2.27 bits per heavy atom. The van der Waals surface area contributed by atoms with Crippen LogP contribution in [0.4, 0.5) is 20.5 Å². The fourth-order valence-corrected chi connectivity index (χ4v) is 8.47. The fourth-order valence-electron chi connectivity index (χ4n) is 5.55. The molecule has 0 bridgehead atoms. The Kier molecular flexibility index (Phi) is 10.4. The van der Waals surface area contributed by atoms with E-state index in [1.54, 1.807) is 13.8 Å². The summed E-state index contributed by atoms with van der Waals surface area (Å²) in [6.07, 6.45) is -10.1. The summed E-state index contributed by atoms with van der Waals surface area (Å²) in [5.41, 5.74) is 5.02. The zero-order valence-electron chi connectivity index (χ0n) is 25.7. The second kappa shape index (κ2) is 14.1. The molecule has 7 heterocycles. The second-order valence-electron chi connectivity index (χ2n) is 11.7. The van der Waals surface area contributed by atoms with Crippen LogP contribution < -0.4 is 16.6 Å². The highest BCUT2D eigenvalue weighted by molar-refractivity contribution is 8.44. The molecule has 51 heavy (non-hydrogen) atoms. The molecular formula is C25H32F2N10O10P2S2. The number of nitrogens with zero attached hydrogens (tertiary/aromatic N) is 7. The molecule has 0 saturated carbocycles. The summed E-state index contributed by atoms with van der Waals surface area (Å²) >= 11 is 9.17. The summed E-state index contributed by atoms with van der Waals surface area (Å²) in [5, 5.41) is 2.45. The lowest BCUT2D eigenvalue weighted by Gasteiger charge is -2.29. The third kappa shape index (κ3) is 7.19. The van der Waals surface area contributed by atoms with Gasteiger partial charge in [0.15, 0.2) is 47.4 Å². The second-order valence-corrected chi connectivity index (χ2v) is 17.3. The smallest absolute Gasteiger partial charge is 0.382 e. The Morgan fingerprint density at radius 2 is 1.63 bits per heavy atom. The number of imidazole rings is 2. The van der Waals surface area contributed by atoms with Gasteiger partial charge in [-0.2, -0.15) is 4.98 Å². The van der Waals surface area contributed by atoms with Gasteiger partial charge in [0, 0.05) is 5.92 Å². The van der Waals surface area contributed by atoms with Crippen LogP contribution in [0.3, 0.4) is 0 Å². The number of amides is 1. The molecule has 3 fully saturated rings. The van der Waals surface area contributed by atoms with E-state index in [0.29, 0.717) is 0 Å². The van der Waals surface area contributed by atoms with E-state index in [2.05, 4.69) is 47.5 Å². The predicted octanol–water partition coefficient (Wildman–Crippen LogP) is 2.32. The first-order valence-corrected chi connectivity index (χ1v) is 20.0. The fraction of sp³-hybridized carbons (Fsp3) is 0.560. The molecule has 0 spiro atoms. The maximum absolute atomic E-state index is 16.3. The van der Waals surface area contributed by atoms with E-state index in [1.165, 1.54) is 10.9 Å². The number of anilines is 2. The lowest BCUT2D eigenvalue weighted by molar-refractivity contribution is -0.118. The van der Waals surface area contributed by atoms with Gasteiger partial charge in [-0.05, 0) is 11.8 Å². The van der Waals surface area contributed by atoms with Crippen LogP contribution in [0.1, 0.15) is 33.7 Å². The Bertz CT molecular complexity index is 2130. The monoisotopic (exact) mass is 796 g/mol. The first-order valence-electron chi connectivity index (χ1n) is 14.7. The molecule has 0 radical (unpaired) electrons. The van der Waals surface area contributed by atoms with Crippen molar-refractivity contribution in [2.24, 2.45) is 5.92 Å². The number of nitrogens with two attached hydrogens (primary N) is 1. The average molecular weight is 797 g/mol. The lowest BCUT2D eigenvalue weighted by atomic mass is 10.1. The van der Waals surface area contributed by atoms with Crippen LogP contribution in [0.15, 0.2) is 23.8 Å². The molecule has 278 valence electrons. The summed E-state index contributed by atoms with van der Waals surface area (Å²) in [6, 6.07) is 0. The Hall–Kier alpha value is -3.02. The first-order chi connectivity index (χ1) is 23.6. The largest absolute Gasteiger partial charge is 0.386 e. The minimum atomic E-state index is -4.48. The number of nitrogen functional groups attached to an aromatic ring is 1. The number of hydrogen-bond acceptors (Lipinski definition) is 16. The third-order valence-corrected chi connectivity index (χ3v) is 11.2. The van der Waals surface area contributed by atoms with Gasteiger partial charge in [0.2, 0.25) is 11.9 Å². The number of aromatic nitrogens is 8. The summed E-state index contributed by atoms with van der Waals surface area (Å²) < 4.78 is 81.8. The van der Waals surface area contributed by atoms with Crippen LogP contribution >= 0.6 is 25.8 Å². The van der Waals surface area contributed by atoms with Crippen LogP contribution in [-0.2, 0) is 48.7 Å². The van der Waals surface area contributed by atoms with Gasteiger partial charge in [0.05, 0.1) is 25.9 Å². The van der Waals surface area contributed by atoms with Gasteiger partial charge >= 0.3 is 13.5 Å². The number of rotatable bonds is 4. The molecular weight excluding hydrogens is 764 g/mol. The van der Waals surface area contributed by atoms with Crippen molar-refractivity contribution in [2.45, 2.75) is 70.5 Å². The van der Waals surface area contributed by atoms with E-state index in [9.17, 15) is 19.0 Å². The molecule has 3 aliphatic heterocycles. The number of halogens is 2. The molecule has 5 N–H and O–H groups in total. The van der Waals surface area contributed by atoms with Crippen LogP contribution in [0.5, 0.6) is 0 Å².